The number of carbonyl (C=O) groups excluding carboxylic acids is 1. The van der Waals surface area contributed by atoms with Gasteiger partial charge in [0.1, 0.15) is 0 Å². The molecule has 2 aromatic heterocycles. The lowest BCUT2D eigenvalue weighted by Crippen LogP contribution is -2.11. The first kappa shape index (κ1) is 17.7. The van der Waals surface area contributed by atoms with Crippen molar-refractivity contribution in [3.8, 4) is 22.6 Å². The lowest BCUT2D eigenvalue weighted by molar-refractivity contribution is 0.101. The Morgan fingerprint density at radius 1 is 1.07 bits per heavy atom. The van der Waals surface area contributed by atoms with Crippen LogP contribution < -0.4 is 5.32 Å². The van der Waals surface area contributed by atoms with Crippen LogP contribution in [0.3, 0.4) is 0 Å². The van der Waals surface area contributed by atoms with Crippen molar-refractivity contribution in [3.05, 3.63) is 75.7 Å². The van der Waals surface area contributed by atoms with E-state index in [2.05, 4.69) is 15.5 Å². The number of rotatable bonds is 4. The molecule has 134 valence electrons. The number of thiazole rings is 1. The summed E-state index contributed by atoms with van der Waals surface area (Å²) in [4.78, 5) is 16.8. The Labute approximate surface area is 168 Å². The van der Waals surface area contributed by atoms with Crippen LogP contribution in [0.15, 0.2) is 64.5 Å². The minimum Gasteiger partial charge on any atom is -0.355 e. The van der Waals surface area contributed by atoms with E-state index < -0.39 is 5.91 Å². The molecule has 0 atom stereocenters. The summed E-state index contributed by atoms with van der Waals surface area (Å²) in [6.45, 7) is 0. The Hall–Kier alpha value is -2.67. The first-order chi connectivity index (χ1) is 13.1. The normalized spacial score (nSPS) is 10.7. The van der Waals surface area contributed by atoms with E-state index >= 15 is 0 Å². The van der Waals surface area contributed by atoms with Crippen molar-refractivity contribution < 1.29 is 9.32 Å². The summed E-state index contributed by atoms with van der Waals surface area (Å²) < 4.78 is 5.25. The lowest BCUT2D eigenvalue weighted by atomic mass is 10.1. The van der Waals surface area contributed by atoms with E-state index in [0.717, 1.165) is 5.56 Å². The monoisotopic (exact) mass is 415 g/mol. The van der Waals surface area contributed by atoms with Crippen molar-refractivity contribution in [3.63, 3.8) is 0 Å². The van der Waals surface area contributed by atoms with Gasteiger partial charge < -0.3 is 4.52 Å². The highest BCUT2D eigenvalue weighted by atomic mass is 35.5. The molecule has 4 rings (SSSR count). The molecule has 0 aliphatic carbocycles. The molecule has 2 aromatic carbocycles. The standard InChI is InChI=1S/C19H11Cl2N3O2S/c20-12-6-7-14(21)13(8-12)16-10-27-19(22-16)23-18(25)15-9-17(26-24-15)11-4-2-1-3-5-11/h1-10H,(H,22,23,25). The topological polar surface area (TPSA) is 68.0 Å². The number of halogens is 2. The zero-order chi connectivity index (χ0) is 18.8. The molecular formula is C19H11Cl2N3O2S. The van der Waals surface area contributed by atoms with E-state index in [-0.39, 0.29) is 5.69 Å². The molecule has 0 saturated carbocycles. The smallest absolute Gasteiger partial charge is 0.279 e. The van der Waals surface area contributed by atoms with Gasteiger partial charge in [0.15, 0.2) is 16.6 Å². The number of carbonyl (C=O) groups is 1. The summed E-state index contributed by atoms with van der Waals surface area (Å²) >= 11 is 13.5. The fraction of sp³-hybridized carbons (Fsp3) is 0. The molecule has 1 amide bonds. The zero-order valence-electron chi connectivity index (χ0n) is 13.6. The second-order valence-electron chi connectivity index (χ2n) is 5.56. The van der Waals surface area contributed by atoms with Crippen LogP contribution in [-0.2, 0) is 0 Å². The van der Waals surface area contributed by atoms with Crippen molar-refractivity contribution >= 4 is 45.6 Å². The predicted molar refractivity (Wildman–Crippen MR) is 107 cm³/mol. The van der Waals surface area contributed by atoms with Crippen LogP contribution in [0.25, 0.3) is 22.6 Å². The molecule has 0 spiro atoms. The summed E-state index contributed by atoms with van der Waals surface area (Å²) in [6.07, 6.45) is 0. The fourth-order valence-electron chi connectivity index (χ4n) is 2.43. The van der Waals surface area contributed by atoms with E-state index in [1.54, 1.807) is 29.6 Å². The van der Waals surface area contributed by atoms with Crippen LogP contribution in [0.1, 0.15) is 10.5 Å². The molecule has 0 radical (unpaired) electrons. The molecule has 0 fully saturated rings. The molecule has 1 N–H and O–H groups in total. The third-order valence-corrected chi connectivity index (χ3v) is 5.05. The highest BCUT2D eigenvalue weighted by Crippen LogP contribution is 2.32. The summed E-state index contributed by atoms with van der Waals surface area (Å²) in [6, 6.07) is 16.2. The number of aromatic nitrogens is 2. The second-order valence-corrected chi connectivity index (χ2v) is 7.26. The Balaban J connectivity index is 1.52. The van der Waals surface area contributed by atoms with Gasteiger partial charge in [-0.25, -0.2) is 4.98 Å². The van der Waals surface area contributed by atoms with Gasteiger partial charge in [-0.15, -0.1) is 11.3 Å². The molecule has 0 unspecified atom stereocenters. The molecule has 0 aliphatic rings. The Bertz CT molecular complexity index is 1110. The van der Waals surface area contributed by atoms with Crippen molar-refractivity contribution in [2.75, 3.05) is 5.32 Å². The number of hydrogen-bond donors (Lipinski definition) is 1. The molecular weight excluding hydrogens is 405 g/mol. The van der Waals surface area contributed by atoms with Crippen LogP contribution in [0.2, 0.25) is 10.0 Å². The number of amides is 1. The Morgan fingerprint density at radius 2 is 1.89 bits per heavy atom. The number of anilines is 1. The maximum atomic E-state index is 12.4. The molecule has 0 aliphatic heterocycles. The van der Waals surface area contributed by atoms with E-state index in [0.29, 0.717) is 32.2 Å². The van der Waals surface area contributed by atoms with Gasteiger partial charge >= 0.3 is 0 Å². The third-order valence-electron chi connectivity index (χ3n) is 3.73. The van der Waals surface area contributed by atoms with Gasteiger partial charge in [0, 0.05) is 27.6 Å². The van der Waals surface area contributed by atoms with E-state index in [4.69, 9.17) is 27.7 Å². The van der Waals surface area contributed by atoms with Gasteiger partial charge in [0.25, 0.3) is 5.91 Å². The molecule has 27 heavy (non-hydrogen) atoms. The molecule has 2 heterocycles. The Kier molecular flexibility index (Phi) is 4.94. The number of benzene rings is 2. The molecule has 0 saturated heterocycles. The summed E-state index contributed by atoms with van der Waals surface area (Å²) in [5.41, 5.74) is 2.35. The minimum absolute atomic E-state index is 0.173. The van der Waals surface area contributed by atoms with Crippen molar-refractivity contribution in [1.82, 2.24) is 10.1 Å². The maximum Gasteiger partial charge on any atom is 0.279 e. The molecule has 5 nitrogen and oxygen atoms in total. The lowest BCUT2D eigenvalue weighted by Gasteiger charge is -2.01. The highest BCUT2D eigenvalue weighted by Gasteiger charge is 2.16. The van der Waals surface area contributed by atoms with Crippen LogP contribution in [0, 0.1) is 0 Å². The molecule has 4 aromatic rings. The van der Waals surface area contributed by atoms with E-state index in [9.17, 15) is 4.79 Å². The van der Waals surface area contributed by atoms with E-state index in [1.807, 2.05) is 30.3 Å². The van der Waals surface area contributed by atoms with Gasteiger partial charge in [-0.1, -0.05) is 58.7 Å². The van der Waals surface area contributed by atoms with Crippen LogP contribution >= 0.6 is 34.5 Å². The van der Waals surface area contributed by atoms with Crippen molar-refractivity contribution in [1.29, 1.82) is 0 Å². The van der Waals surface area contributed by atoms with Gasteiger partial charge in [-0.2, -0.15) is 0 Å². The van der Waals surface area contributed by atoms with Gasteiger partial charge in [0.05, 0.1) is 10.7 Å². The summed E-state index contributed by atoms with van der Waals surface area (Å²) in [5.74, 6) is 0.116. The zero-order valence-corrected chi connectivity index (χ0v) is 16.0. The fourth-order valence-corrected chi connectivity index (χ4v) is 3.52. The quantitative estimate of drug-likeness (QED) is 0.442. The van der Waals surface area contributed by atoms with Gasteiger partial charge in [-0.05, 0) is 18.2 Å². The first-order valence-electron chi connectivity index (χ1n) is 7.84. The Morgan fingerprint density at radius 3 is 2.70 bits per heavy atom. The maximum absolute atomic E-state index is 12.4. The van der Waals surface area contributed by atoms with Gasteiger partial charge in [-0.3, -0.25) is 10.1 Å². The van der Waals surface area contributed by atoms with Crippen LogP contribution in [0.5, 0.6) is 0 Å². The molecule has 8 heteroatoms. The van der Waals surface area contributed by atoms with Crippen molar-refractivity contribution in [2.45, 2.75) is 0 Å². The minimum atomic E-state index is -0.404. The van der Waals surface area contributed by atoms with Gasteiger partial charge in [0.2, 0.25) is 0 Å². The van der Waals surface area contributed by atoms with Crippen LogP contribution in [-0.4, -0.2) is 16.0 Å². The second kappa shape index (κ2) is 7.52. The average molecular weight is 416 g/mol. The largest absolute Gasteiger partial charge is 0.355 e. The summed E-state index contributed by atoms with van der Waals surface area (Å²) in [7, 11) is 0. The third kappa shape index (κ3) is 3.88. The summed E-state index contributed by atoms with van der Waals surface area (Å²) in [5, 5.41) is 9.86. The number of nitrogens with zero attached hydrogens (tertiary/aromatic N) is 2. The number of nitrogens with one attached hydrogen (secondary N) is 1. The first-order valence-corrected chi connectivity index (χ1v) is 9.48. The van der Waals surface area contributed by atoms with Crippen molar-refractivity contribution in [2.24, 2.45) is 0 Å². The highest BCUT2D eigenvalue weighted by molar-refractivity contribution is 7.14. The average Bonchev–Trinajstić information content (AvgIpc) is 3.34. The van der Waals surface area contributed by atoms with E-state index in [1.165, 1.54) is 11.3 Å². The SMILES string of the molecule is O=C(Nc1nc(-c2cc(Cl)ccc2Cl)cs1)c1cc(-c2ccccc2)on1. The predicted octanol–water partition coefficient (Wildman–Crippen LogP) is 6.02. The number of hydrogen-bond acceptors (Lipinski definition) is 5. The van der Waals surface area contributed by atoms with Crippen LogP contribution in [0.4, 0.5) is 5.13 Å². The molecule has 0 bridgehead atoms.